The van der Waals surface area contributed by atoms with Gasteiger partial charge in [-0.25, -0.2) is 19.6 Å². The number of carbonyl (C=O) groups excluding carboxylic acids is 2. The number of aromatic amines is 1. The van der Waals surface area contributed by atoms with Crippen LogP contribution < -0.4 is 20.7 Å². The first-order valence-corrected chi connectivity index (χ1v) is 11.6. The lowest BCUT2D eigenvalue weighted by atomic mass is 10.1. The fourth-order valence-electron chi connectivity index (χ4n) is 3.73. The molecule has 0 aliphatic rings. The van der Waals surface area contributed by atoms with Crippen molar-refractivity contribution in [2.45, 2.75) is 6.18 Å². The van der Waals surface area contributed by atoms with Gasteiger partial charge in [-0.2, -0.15) is 13.2 Å². The number of rotatable bonds is 6. The number of imidazole rings is 2. The van der Waals surface area contributed by atoms with Gasteiger partial charge in [-0.05, 0) is 54.6 Å². The summed E-state index contributed by atoms with van der Waals surface area (Å²) in [6.45, 7) is 0. The number of ether oxygens (including phenoxy) is 2. The van der Waals surface area contributed by atoms with E-state index < -0.39 is 23.9 Å². The molecule has 0 fully saturated rings. The minimum Gasteiger partial charge on any atom is -0.457 e. The van der Waals surface area contributed by atoms with E-state index in [4.69, 9.17) is 4.74 Å². The Morgan fingerprint density at radius 2 is 1.73 bits per heavy atom. The molecule has 0 saturated carbocycles. The summed E-state index contributed by atoms with van der Waals surface area (Å²) in [6, 6.07) is 13.8. The van der Waals surface area contributed by atoms with Crippen LogP contribution in [0.25, 0.3) is 16.7 Å². The van der Waals surface area contributed by atoms with E-state index in [0.29, 0.717) is 33.9 Å². The predicted octanol–water partition coefficient (Wildman–Crippen LogP) is 6.38. The molecule has 0 bridgehead atoms. The Morgan fingerprint density at radius 3 is 2.42 bits per heavy atom. The normalized spacial score (nSPS) is 11.2. The van der Waals surface area contributed by atoms with Crippen LogP contribution >= 0.6 is 0 Å². The summed E-state index contributed by atoms with van der Waals surface area (Å²) in [5.41, 5.74) is 0.946. The molecule has 4 N–H and O–H groups in total. The highest BCUT2D eigenvalue weighted by Crippen LogP contribution is 2.33. The molecule has 3 amide bonds. The molecule has 0 unspecified atom stereocenters. The molecule has 204 valence electrons. The molecular formula is C26H20F3N7O4. The quantitative estimate of drug-likeness (QED) is 0.193. The zero-order valence-corrected chi connectivity index (χ0v) is 20.6. The third kappa shape index (κ3) is 5.96. The number of anilines is 3. The lowest BCUT2D eigenvalue weighted by Gasteiger charge is -2.15. The van der Waals surface area contributed by atoms with Gasteiger partial charge in [0.05, 0.1) is 41.4 Å². The van der Waals surface area contributed by atoms with E-state index in [9.17, 15) is 22.8 Å². The average Bonchev–Trinajstić information content (AvgIpc) is 3.59. The fourth-order valence-corrected chi connectivity index (χ4v) is 3.73. The minimum atomic E-state index is -4.58. The molecule has 0 aliphatic heterocycles. The average molecular weight is 551 g/mol. The Morgan fingerprint density at radius 1 is 0.950 bits per heavy atom. The number of benzene rings is 3. The summed E-state index contributed by atoms with van der Waals surface area (Å²) >= 11 is 0. The van der Waals surface area contributed by atoms with Crippen LogP contribution in [0.1, 0.15) is 5.56 Å². The maximum atomic E-state index is 13.3. The summed E-state index contributed by atoms with van der Waals surface area (Å²) in [5, 5.41) is 7.51. The number of methoxy groups -OCH3 is 1. The van der Waals surface area contributed by atoms with Gasteiger partial charge in [0.15, 0.2) is 0 Å². The van der Waals surface area contributed by atoms with Crippen LogP contribution in [-0.2, 0) is 10.9 Å². The number of aromatic nitrogens is 4. The Labute approximate surface area is 224 Å². The standard InChI is InChI=1S/C26H20F3N7O4/c1-39-25(38)35-23-32-19-8-7-18(13-20(19)33-23)40-17-5-3-16(4-6-17)31-24(37)34-21-12-15(26(27,28)29)2-9-22(21)36-11-10-30-14-36/h2-14H,1H3,(H2,31,34,37)(H2,32,33,35,38). The van der Waals surface area contributed by atoms with Gasteiger partial charge in [-0.15, -0.1) is 0 Å². The van der Waals surface area contributed by atoms with Crippen LogP contribution in [-0.4, -0.2) is 38.8 Å². The van der Waals surface area contributed by atoms with E-state index in [0.717, 1.165) is 12.1 Å². The molecule has 40 heavy (non-hydrogen) atoms. The minimum absolute atomic E-state index is 0.0515. The Bertz CT molecular complexity index is 1670. The number of urea groups is 1. The van der Waals surface area contributed by atoms with E-state index in [1.807, 2.05) is 0 Å². The molecular weight excluding hydrogens is 531 g/mol. The number of hydrogen-bond donors (Lipinski definition) is 4. The Balaban J connectivity index is 1.26. The summed E-state index contributed by atoms with van der Waals surface area (Å²) in [7, 11) is 1.24. The van der Waals surface area contributed by atoms with Crippen molar-refractivity contribution in [3.05, 3.63) is 84.9 Å². The first-order chi connectivity index (χ1) is 19.2. The van der Waals surface area contributed by atoms with E-state index in [1.165, 1.54) is 30.3 Å². The molecule has 2 heterocycles. The second kappa shape index (κ2) is 10.7. The number of halogens is 3. The number of nitrogens with one attached hydrogen (secondary N) is 4. The van der Waals surface area contributed by atoms with Crippen molar-refractivity contribution in [1.82, 2.24) is 19.5 Å². The van der Waals surface area contributed by atoms with Gasteiger partial charge in [0.25, 0.3) is 0 Å². The largest absolute Gasteiger partial charge is 0.457 e. The van der Waals surface area contributed by atoms with Crippen LogP contribution in [0.4, 0.5) is 40.1 Å². The molecule has 5 aromatic rings. The SMILES string of the molecule is COC(=O)Nc1nc2ccc(Oc3ccc(NC(=O)Nc4cc(C(F)(F)F)ccc4-n4ccnc4)cc3)cc2[nH]1. The van der Waals surface area contributed by atoms with Crippen molar-refractivity contribution in [1.29, 1.82) is 0 Å². The van der Waals surface area contributed by atoms with Crippen LogP contribution in [0.5, 0.6) is 11.5 Å². The second-order valence-electron chi connectivity index (χ2n) is 8.29. The molecule has 0 atom stereocenters. The molecule has 3 aromatic carbocycles. The number of nitrogens with zero attached hydrogens (tertiary/aromatic N) is 3. The number of alkyl halides is 3. The topological polar surface area (TPSA) is 135 Å². The van der Waals surface area contributed by atoms with E-state index >= 15 is 0 Å². The molecule has 0 radical (unpaired) electrons. The first-order valence-electron chi connectivity index (χ1n) is 11.6. The number of carbonyl (C=O) groups is 2. The molecule has 11 nitrogen and oxygen atoms in total. The van der Waals surface area contributed by atoms with Crippen LogP contribution in [0.2, 0.25) is 0 Å². The van der Waals surface area contributed by atoms with Crippen molar-refractivity contribution < 1.29 is 32.2 Å². The fraction of sp³-hybridized carbons (Fsp3) is 0.0769. The number of hydrogen-bond acceptors (Lipinski definition) is 6. The zero-order valence-electron chi connectivity index (χ0n) is 20.6. The van der Waals surface area contributed by atoms with Crippen LogP contribution in [0, 0.1) is 0 Å². The monoisotopic (exact) mass is 551 g/mol. The summed E-state index contributed by atoms with van der Waals surface area (Å²) < 4.78 is 51.7. The van der Waals surface area contributed by atoms with Gasteiger partial charge in [0.1, 0.15) is 11.5 Å². The molecule has 5 rings (SSSR count). The van der Waals surface area contributed by atoms with Gasteiger partial charge in [0.2, 0.25) is 5.95 Å². The lowest BCUT2D eigenvalue weighted by Crippen LogP contribution is -2.21. The van der Waals surface area contributed by atoms with Crippen molar-refractivity contribution in [3.63, 3.8) is 0 Å². The van der Waals surface area contributed by atoms with Crippen molar-refractivity contribution in [2.24, 2.45) is 0 Å². The van der Waals surface area contributed by atoms with Gasteiger partial charge < -0.3 is 29.7 Å². The third-order valence-electron chi connectivity index (χ3n) is 5.56. The summed E-state index contributed by atoms with van der Waals surface area (Å²) in [5.74, 6) is 1.16. The first kappa shape index (κ1) is 26.1. The number of H-pyrrole nitrogens is 1. The van der Waals surface area contributed by atoms with Gasteiger partial charge in [0, 0.05) is 24.1 Å². The number of amides is 3. The second-order valence-corrected chi connectivity index (χ2v) is 8.29. The van der Waals surface area contributed by atoms with Gasteiger partial charge >= 0.3 is 18.3 Å². The van der Waals surface area contributed by atoms with Crippen molar-refractivity contribution in [3.8, 4) is 17.2 Å². The summed E-state index contributed by atoms with van der Waals surface area (Å²) in [6.07, 6.45) is -0.816. The molecule has 0 spiro atoms. The Hall–Kier alpha value is -5.53. The lowest BCUT2D eigenvalue weighted by molar-refractivity contribution is -0.137. The third-order valence-corrected chi connectivity index (χ3v) is 5.56. The van der Waals surface area contributed by atoms with Gasteiger partial charge in [-0.1, -0.05) is 0 Å². The van der Waals surface area contributed by atoms with E-state index in [2.05, 4.69) is 35.6 Å². The Kier molecular flexibility index (Phi) is 6.97. The van der Waals surface area contributed by atoms with Gasteiger partial charge in [-0.3, -0.25) is 5.32 Å². The van der Waals surface area contributed by atoms with E-state index in [1.54, 1.807) is 48.7 Å². The molecule has 0 aliphatic carbocycles. The maximum absolute atomic E-state index is 13.3. The van der Waals surface area contributed by atoms with Crippen molar-refractivity contribution in [2.75, 3.05) is 23.1 Å². The predicted molar refractivity (Wildman–Crippen MR) is 140 cm³/mol. The molecule has 2 aromatic heterocycles. The van der Waals surface area contributed by atoms with Crippen LogP contribution in [0.3, 0.4) is 0 Å². The highest BCUT2D eigenvalue weighted by molar-refractivity contribution is 6.01. The molecule has 0 saturated heterocycles. The molecule has 14 heteroatoms. The smallest absolute Gasteiger partial charge is 0.416 e. The zero-order chi connectivity index (χ0) is 28.3. The van der Waals surface area contributed by atoms with E-state index in [-0.39, 0.29) is 11.6 Å². The highest BCUT2D eigenvalue weighted by atomic mass is 19.4. The summed E-state index contributed by atoms with van der Waals surface area (Å²) in [4.78, 5) is 35.1. The van der Waals surface area contributed by atoms with Crippen LogP contribution in [0.15, 0.2) is 79.4 Å². The highest BCUT2D eigenvalue weighted by Gasteiger charge is 2.31. The van der Waals surface area contributed by atoms with Crippen molar-refractivity contribution >= 4 is 40.5 Å². The maximum Gasteiger partial charge on any atom is 0.416 e. The number of fused-ring (bicyclic) bond motifs is 1.